The summed E-state index contributed by atoms with van der Waals surface area (Å²) < 4.78 is 5.12. The standard InChI is InChI=1S/C23H22N2O3/c1-28-21-13-7-18(8-14-21)16-25-23(27)20-11-9-19(10-12-20)22(26)24-15-17-5-3-2-4-6-17/h2-14H,15-16H2,1H3,(H,24,26)(H,25,27). The van der Waals surface area contributed by atoms with Crippen LogP contribution in [0.25, 0.3) is 0 Å². The molecule has 0 atom stereocenters. The van der Waals surface area contributed by atoms with Crippen molar-refractivity contribution in [3.8, 4) is 5.75 Å². The Balaban J connectivity index is 1.52. The number of amides is 2. The van der Waals surface area contributed by atoms with Gasteiger partial charge in [0.25, 0.3) is 11.8 Å². The Bertz CT molecular complexity index is 920. The number of carbonyl (C=O) groups excluding carboxylic acids is 2. The topological polar surface area (TPSA) is 67.4 Å². The molecule has 5 heteroatoms. The number of hydrogen-bond acceptors (Lipinski definition) is 3. The number of rotatable bonds is 7. The second kappa shape index (κ2) is 9.37. The van der Waals surface area contributed by atoms with Crippen LogP contribution in [-0.4, -0.2) is 18.9 Å². The van der Waals surface area contributed by atoms with E-state index < -0.39 is 0 Å². The lowest BCUT2D eigenvalue weighted by molar-refractivity contribution is 0.0939. The van der Waals surface area contributed by atoms with Gasteiger partial charge in [-0.25, -0.2) is 0 Å². The van der Waals surface area contributed by atoms with Gasteiger partial charge in [0.2, 0.25) is 0 Å². The number of carbonyl (C=O) groups is 2. The SMILES string of the molecule is COc1ccc(CNC(=O)c2ccc(C(=O)NCc3ccccc3)cc2)cc1. The zero-order valence-electron chi connectivity index (χ0n) is 15.6. The summed E-state index contributed by atoms with van der Waals surface area (Å²) in [7, 11) is 1.61. The van der Waals surface area contributed by atoms with Crippen molar-refractivity contribution in [1.82, 2.24) is 10.6 Å². The first-order valence-corrected chi connectivity index (χ1v) is 8.99. The number of benzene rings is 3. The van der Waals surface area contributed by atoms with Crippen molar-refractivity contribution >= 4 is 11.8 Å². The number of methoxy groups -OCH3 is 1. The summed E-state index contributed by atoms with van der Waals surface area (Å²) in [5, 5.41) is 5.74. The second-order valence-electron chi connectivity index (χ2n) is 6.28. The monoisotopic (exact) mass is 374 g/mol. The van der Waals surface area contributed by atoms with E-state index in [1.807, 2.05) is 54.6 Å². The maximum atomic E-state index is 12.3. The fraction of sp³-hybridized carbons (Fsp3) is 0.130. The molecular weight excluding hydrogens is 352 g/mol. The maximum Gasteiger partial charge on any atom is 0.251 e. The van der Waals surface area contributed by atoms with Gasteiger partial charge in [0.05, 0.1) is 7.11 Å². The first kappa shape index (κ1) is 19.2. The normalized spacial score (nSPS) is 10.2. The first-order chi connectivity index (χ1) is 13.7. The third-order valence-electron chi connectivity index (χ3n) is 4.32. The Kier molecular flexibility index (Phi) is 6.41. The van der Waals surface area contributed by atoms with E-state index in [-0.39, 0.29) is 11.8 Å². The molecule has 0 aliphatic carbocycles. The van der Waals surface area contributed by atoms with E-state index in [0.29, 0.717) is 24.2 Å². The van der Waals surface area contributed by atoms with Gasteiger partial charge in [0.1, 0.15) is 5.75 Å². The summed E-state index contributed by atoms with van der Waals surface area (Å²) in [6.07, 6.45) is 0. The first-order valence-electron chi connectivity index (χ1n) is 8.99. The van der Waals surface area contributed by atoms with Crippen molar-refractivity contribution in [2.45, 2.75) is 13.1 Å². The minimum absolute atomic E-state index is 0.172. The number of nitrogens with one attached hydrogen (secondary N) is 2. The fourth-order valence-electron chi connectivity index (χ4n) is 2.68. The van der Waals surface area contributed by atoms with Crippen LogP contribution in [0.2, 0.25) is 0 Å². The molecule has 0 heterocycles. The van der Waals surface area contributed by atoms with Crippen LogP contribution in [0.1, 0.15) is 31.8 Å². The number of hydrogen-bond donors (Lipinski definition) is 2. The maximum absolute atomic E-state index is 12.3. The third kappa shape index (κ3) is 5.20. The highest BCUT2D eigenvalue weighted by molar-refractivity contribution is 5.97. The predicted octanol–water partition coefficient (Wildman–Crippen LogP) is 3.56. The number of ether oxygens (including phenoxy) is 1. The van der Waals surface area contributed by atoms with Gasteiger partial charge in [-0.1, -0.05) is 42.5 Å². The van der Waals surface area contributed by atoms with E-state index in [4.69, 9.17) is 4.74 Å². The Labute approximate surface area is 164 Å². The Morgan fingerprint density at radius 2 is 1.14 bits per heavy atom. The lowest BCUT2D eigenvalue weighted by atomic mass is 10.1. The van der Waals surface area contributed by atoms with Crippen molar-refractivity contribution in [1.29, 1.82) is 0 Å². The molecule has 28 heavy (non-hydrogen) atoms. The summed E-state index contributed by atoms with van der Waals surface area (Å²) in [6, 6.07) is 23.8. The van der Waals surface area contributed by atoms with Crippen LogP contribution in [0.15, 0.2) is 78.9 Å². The summed E-state index contributed by atoms with van der Waals surface area (Å²) in [5.74, 6) is 0.414. The molecule has 0 unspecified atom stereocenters. The Morgan fingerprint density at radius 3 is 1.61 bits per heavy atom. The molecule has 142 valence electrons. The molecular formula is C23H22N2O3. The molecule has 0 bridgehead atoms. The second-order valence-corrected chi connectivity index (χ2v) is 6.28. The summed E-state index contributed by atoms with van der Waals surface area (Å²) in [5.41, 5.74) is 3.03. The van der Waals surface area contributed by atoms with Crippen LogP contribution in [-0.2, 0) is 13.1 Å². The zero-order chi connectivity index (χ0) is 19.8. The van der Waals surface area contributed by atoms with E-state index in [9.17, 15) is 9.59 Å². The van der Waals surface area contributed by atoms with Crippen LogP contribution in [0, 0.1) is 0 Å². The molecule has 5 nitrogen and oxygen atoms in total. The van der Waals surface area contributed by atoms with Crippen molar-refractivity contribution < 1.29 is 14.3 Å². The molecule has 0 aromatic heterocycles. The van der Waals surface area contributed by atoms with Crippen molar-refractivity contribution in [3.05, 3.63) is 101 Å². The van der Waals surface area contributed by atoms with Crippen LogP contribution < -0.4 is 15.4 Å². The van der Waals surface area contributed by atoms with Crippen LogP contribution in [0.3, 0.4) is 0 Å². The van der Waals surface area contributed by atoms with E-state index in [1.54, 1.807) is 31.4 Å². The van der Waals surface area contributed by atoms with Gasteiger partial charge in [-0.3, -0.25) is 9.59 Å². The lowest BCUT2D eigenvalue weighted by Crippen LogP contribution is -2.24. The molecule has 0 saturated carbocycles. The average Bonchev–Trinajstić information content (AvgIpc) is 2.77. The van der Waals surface area contributed by atoms with Gasteiger partial charge in [-0.2, -0.15) is 0 Å². The van der Waals surface area contributed by atoms with Crippen molar-refractivity contribution in [2.24, 2.45) is 0 Å². The summed E-state index contributed by atoms with van der Waals surface area (Å²) in [4.78, 5) is 24.5. The molecule has 2 amide bonds. The molecule has 0 radical (unpaired) electrons. The molecule has 3 rings (SSSR count). The van der Waals surface area contributed by atoms with Gasteiger partial charge >= 0.3 is 0 Å². The Hall–Kier alpha value is -3.60. The highest BCUT2D eigenvalue weighted by atomic mass is 16.5. The smallest absolute Gasteiger partial charge is 0.251 e. The van der Waals surface area contributed by atoms with Crippen LogP contribution in [0.5, 0.6) is 5.75 Å². The lowest BCUT2D eigenvalue weighted by Gasteiger charge is -2.08. The molecule has 2 N–H and O–H groups in total. The van der Waals surface area contributed by atoms with Crippen molar-refractivity contribution in [3.63, 3.8) is 0 Å². The predicted molar refractivity (Wildman–Crippen MR) is 108 cm³/mol. The van der Waals surface area contributed by atoms with Gasteiger partial charge in [0, 0.05) is 24.2 Å². The average molecular weight is 374 g/mol. The molecule has 3 aromatic carbocycles. The van der Waals surface area contributed by atoms with E-state index >= 15 is 0 Å². The quantitative estimate of drug-likeness (QED) is 0.665. The van der Waals surface area contributed by atoms with Gasteiger partial charge in [-0.15, -0.1) is 0 Å². The molecule has 0 aliphatic heterocycles. The van der Waals surface area contributed by atoms with Gasteiger partial charge in [0.15, 0.2) is 0 Å². The van der Waals surface area contributed by atoms with Gasteiger partial charge < -0.3 is 15.4 Å². The highest BCUT2D eigenvalue weighted by Gasteiger charge is 2.09. The molecule has 0 saturated heterocycles. The van der Waals surface area contributed by atoms with Crippen LogP contribution >= 0.6 is 0 Å². The summed E-state index contributed by atoms with van der Waals surface area (Å²) in [6.45, 7) is 0.881. The Morgan fingerprint density at radius 1 is 0.679 bits per heavy atom. The molecule has 3 aromatic rings. The molecule has 0 aliphatic rings. The van der Waals surface area contributed by atoms with E-state index in [2.05, 4.69) is 10.6 Å². The minimum atomic E-state index is -0.188. The largest absolute Gasteiger partial charge is 0.497 e. The van der Waals surface area contributed by atoms with E-state index in [1.165, 1.54) is 0 Å². The van der Waals surface area contributed by atoms with Crippen molar-refractivity contribution in [2.75, 3.05) is 7.11 Å². The zero-order valence-corrected chi connectivity index (χ0v) is 15.6. The van der Waals surface area contributed by atoms with Crippen LogP contribution in [0.4, 0.5) is 0 Å². The fourth-order valence-corrected chi connectivity index (χ4v) is 2.68. The minimum Gasteiger partial charge on any atom is -0.497 e. The highest BCUT2D eigenvalue weighted by Crippen LogP contribution is 2.11. The third-order valence-corrected chi connectivity index (χ3v) is 4.32. The summed E-state index contributed by atoms with van der Waals surface area (Å²) >= 11 is 0. The van der Waals surface area contributed by atoms with Gasteiger partial charge in [-0.05, 0) is 47.5 Å². The van der Waals surface area contributed by atoms with E-state index in [0.717, 1.165) is 16.9 Å². The molecule has 0 fully saturated rings. The molecule has 0 spiro atoms.